The van der Waals surface area contributed by atoms with E-state index in [1.165, 1.54) is 7.11 Å². The van der Waals surface area contributed by atoms with Crippen molar-refractivity contribution in [2.24, 2.45) is 10.8 Å². The standard InChI is InChI=1S/C37H46FN7O5S/c1-21-12-26-25(15-39-43-26)28(22(21)2)31-30(38)32-29(34(40-31)48-3)33(44-10-11-49-17-24(46)16-44)42-35(41-32)50-18-37-7-4-6-27(37)45(9-5-8-37)23-13-36(14-23)19-51(47)20-36/h12,15,23-24,27,46H,4-11,13-14,16-20H2,1-3H3,(H,39,43). The third-order valence-electron chi connectivity index (χ3n) is 12.5. The van der Waals surface area contributed by atoms with Crippen LogP contribution in [0.15, 0.2) is 12.3 Å². The minimum atomic E-state index is -0.758. The number of likely N-dealkylation sites (tertiary alicyclic amines) is 1. The van der Waals surface area contributed by atoms with Crippen LogP contribution in [0.2, 0.25) is 0 Å². The fourth-order valence-corrected chi connectivity index (χ4v) is 11.7. The van der Waals surface area contributed by atoms with Crippen LogP contribution in [-0.4, -0.2) is 116 Å². The number of pyridine rings is 1. The van der Waals surface area contributed by atoms with E-state index < -0.39 is 22.7 Å². The van der Waals surface area contributed by atoms with Gasteiger partial charge in [0.1, 0.15) is 22.4 Å². The summed E-state index contributed by atoms with van der Waals surface area (Å²) in [7, 11) is 0.883. The van der Waals surface area contributed by atoms with Gasteiger partial charge in [-0.15, -0.1) is 0 Å². The zero-order valence-electron chi connectivity index (χ0n) is 29.5. The van der Waals surface area contributed by atoms with Gasteiger partial charge in [0.15, 0.2) is 5.82 Å². The maximum atomic E-state index is 17.2. The quantitative estimate of drug-likeness (QED) is 0.280. The molecule has 3 saturated heterocycles. The first-order valence-corrected chi connectivity index (χ1v) is 19.8. The number of fused-ring (bicyclic) bond motifs is 3. The summed E-state index contributed by atoms with van der Waals surface area (Å²) in [6.45, 7) is 6.70. The number of aromatic amines is 1. The summed E-state index contributed by atoms with van der Waals surface area (Å²) < 4.78 is 47.3. The normalized spacial score (nSPS) is 31.0. The second kappa shape index (κ2) is 12.6. The van der Waals surface area contributed by atoms with Crippen LogP contribution in [0.5, 0.6) is 11.9 Å². The smallest absolute Gasteiger partial charge is 0.319 e. The molecule has 9 rings (SSSR count). The molecule has 5 aliphatic rings. The molecule has 3 unspecified atom stereocenters. The Balaban J connectivity index is 1.11. The molecule has 2 aliphatic carbocycles. The summed E-state index contributed by atoms with van der Waals surface area (Å²) >= 11 is 0. The molecule has 3 aromatic heterocycles. The molecule has 0 bridgehead atoms. The number of benzene rings is 1. The molecule has 2 saturated carbocycles. The number of nitrogens with zero attached hydrogens (tertiary/aromatic N) is 6. The molecular formula is C37H46FN7O5S. The van der Waals surface area contributed by atoms with Crippen molar-refractivity contribution < 1.29 is 27.9 Å². The summed E-state index contributed by atoms with van der Waals surface area (Å²) in [5.74, 6) is 1.72. The molecule has 1 spiro atoms. The number of ether oxygens (including phenoxy) is 3. The Morgan fingerprint density at radius 1 is 1.16 bits per heavy atom. The zero-order chi connectivity index (χ0) is 35.1. The average molecular weight is 720 g/mol. The van der Waals surface area contributed by atoms with Crippen LogP contribution in [0.4, 0.5) is 10.2 Å². The number of piperidine rings is 1. The highest BCUT2D eigenvalue weighted by Crippen LogP contribution is 2.55. The van der Waals surface area contributed by atoms with E-state index in [0.717, 1.165) is 85.0 Å². The molecule has 1 aromatic carbocycles. The van der Waals surface area contributed by atoms with E-state index in [1.54, 1.807) is 6.20 Å². The number of rotatable bonds is 7. The summed E-state index contributed by atoms with van der Waals surface area (Å²) in [6, 6.07) is 3.05. The van der Waals surface area contributed by atoms with Crippen molar-refractivity contribution in [3.8, 4) is 23.1 Å². The number of aryl methyl sites for hydroxylation is 1. The van der Waals surface area contributed by atoms with Crippen molar-refractivity contribution >= 4 is 38.4 Å². The van der Waals surface area contributed by atoms with Crippen LogP contribution < -0.4 is 14.4 Å². The summed E-state index contributed by atoms with van der Waals surface area (Å²) in [5.41, 5.74) is 3.70. The molecular weight excluding hydrogens is 674 g/mol. The van der Waals surface area contributed by atoms with E-state index in [1.807, 2.05) is 24.8 Å². The fourth-order valence-electron chi connectivity index (χ4n) is 9.97. The third-order valence-corrected chi connectivity index (χ3v) is 14.4. The van der Waals surface area contributed by atoms with Crippen LogP contribution in [0.1, 0.15) is 56.1 Å². The van der Waals surface area contributed by atoms with Gasteiger partial charge in [-0.2, -0.15) is 15.1 Å². The van der Waals surface area contributed by atoms with Gasteiger partial charge in [0, 0.05) is 63.8 Å². The molecule has 272 valence electrons. The van der Waals surface area contributed by atoms with E-state index in [2.05, 4.69) is 15.1 Å². The highest BCUT2D eigenvalue weighted by Gasteiger charge is 2.58. The summed E-state index contributed by atoms with van der Waals surface area (Å²) in [6.07, 6.45) is 8.74. The number of aliphatic hydroxyl groups is 1. The van der Waals surface area contributed by atoms with Gasteiger partial charge in [-0.1, -0.05) is 6.42 Å². The lowest BCUT2D eigenvalue weighted by atomic mass is 9.64. The van der Waals surface area contributed by atoms with Crippen molar-refractivity contribution in [1.82, 2.24) is 30.0 Å². The maximum absolute atomic E-state index is 17.2. The summed E-state index contributed by atoms with van der Waals surface area (Å²) in [4.78, 5) is 19.1. The van der Waals surface area contributed by atoms with Gasteiger partial charge in [0.2, 0.25) is 5.88 Å². The molecule has 2 N–H and O–H groups in total. The number of H-pyrrole nitrogens is 1. The average Bonchev–Trinajstić information content (AvgIpc) is 3.68. The highest BCUT2D eigenvalue weighted by molar-refractivity contribution is 7.86. The molecule has 0 amide bonds. The van der Waals surface area contributed by atoms with Crippen LogP contribution in [0, 0.1) is 30.5 Å². The van der Waals surface area contributed by atoms with Crippen LogP contribution in [0.25, 0.3) is 33.1 Å². The first-order valence-electron chi connectivity index (χ1n) is 18.3. The van der Waals surface area contributed by atoms with Gasteiger partial charge in [-0.3, -0.25) is 14.2 Å². The van der Waals surface area contributed by atoms with Gasteiger partial charge in [-0.25, -0.2) is 9.37 Å². The Hall–Kier alpha value is -3.46. The number of nitrogens with one attached hydrogen (secondary N) is 1. The lowest BCUT2D eigenvalue weighted by Crippen LogP contribution is -2.65. The Labute approximate surface area is 298 Å². The Morgan fingerprint density at radius 2 is 1.98 bits per heavy atom. The van der Waals surface area contributed by atoms with Crippen molar-refractivity contribution in [3.63, 3.8) is 0 Å². The van der Waals surface area contributed by atoms with Crippen molar-refractivity contribution in [3.05, 3.63) is 29.2 Å². The number of aromatic nitrogens is 5. The Bertz CT molecular complexity index is 2030. The number of aliphatic hydroxyl groups excluding tert-OH is 1. The van der Waals surface area contributed by atoms with E-state index in [-0.39, 0.29) is 41.7 Å². The minimum Gasteiger partial charge on any atom is -0.480 e. The molecule has 12 nitrogen and oxygen atoms in total. The zero-order valence-corrected chi connectivity index (χ0v) is 30.4. The van der Waals surface area contributed by atoms with E-state index in [4.69, 9.17) is 29.2 Å². The predicted molar refractivity (Wildman–Crippen MR) is 192 cm³/mol. The number of anilines is 1. The molecule has 51 heavy (non-hydrogen) atoms. The monoisotopic (exact) mass is 719 g/mol. The second-order valence-electron chi connectivity index (χ2n) is 15.7. The van der Waals surface area contributed by atoms with Crippen LogP contribution in [-0.2, 0) is 15.5 Å². The molecule has 14 heteroatoms. The highest BCUT2D eigenvalue weighted by atomic mass is 32.2. The Morgan fingerprint density at radius 3 is 2.78 bits per heavy atom. The fraction of sp³-hybridized carbons (Fsp3) is 0.622. The molecule has 4 aromatic rings. The molecule has 0 radical (unpaired) electrons. The molecule has 5 fully saturated rings. The topological polar surface area (TPSA) is 139 Å². The summed E-state index contributed by atoms with van der Waals surface area (Å²) in [5, 5.41) is 19.0. The van der Waals surface area contributed by atoms with E-state index in [0.29, 0.717) is 54.0 Å². The number of methoxy groups -OCH3 is 1. The second-order valence-corrected chi connectivity index (χ2v) is 17.2. The van der Waals surface area contributed by atoms with Crippen LogP contribution in [0.3, 0.4) is 0 Å². The number of halogens is 1. The van der Waals surface area contributed by atoms with E-state index in [9.17, 15) is 9.32 Å². The first kappa shape index (κ1) is 33.4. The third kappa shape index (κ3) is 5.50. The lowest BCUT2D eigenvalue weighted by molar-refractivity contribution is -0.0719. The van der Waals surface area contributed by atoms with Gasteiger partial charge < -0.3 is 24.2 Å². The maximum Gasteiger partial charge on any atom is 0.319 e. The minimum absolute atomic E-state index is 0.0419. The largest absolute Gasteiger partial charge is 0.480 e. The van der Waals surface area contributed by atoms with E-state index >= 15 is 4.39 Å². The first-order chi connectivity index (χ1) is 24.7. The number of β-amino-alcohol motifs (C(OH)–C–C–N with tert-alkyl or cyclic N) is 1. The van der Waals surface area contributed by atoms with Gasteiger partial charge in [-0.05, 0) is 81.5 Å². The van der Waals surface area contributed by atoms with Gasteiger partial charge >= 0.3 is 6.01 Å². The SMILES string of the molecule is COc1nc(-c2c(C)c(C)cc3[nH]ncc23)c(F)c2nc(OCC34CCCC3N(C3CC5(C3)CS(=O)C5)CCC4)nc(N3CCOCC(O)C3)c12. The molecule has 3 aliphatic heterocycles. The molecule has 3 atom stereocenters. The van der Waals surface area contributed by atoms with Crippen molar-refractivity contribution in [2.45, 2.75) is 77.0 Å². The van der Waals surface area contributed by atoms with Crippen LogP contribution >= 0.6 is 0 Å². The van der Waals surface area contributed by atoms with Gasteiger partial charge in [0.05, 0.1) is 44.7 Å². The number of hydrogen-bond donors (Lipinski definition) is 2. The lowest BCUT2D eigenvalue weighted by Gasteiger charge is -2.60. The van der Waals surface area contributed by atoms with Gasteiger partial charge in [0.25, 0.3) is 0 Å². The molecule has 6 heterocycles. The van der Waals surface area contributed by atoms with Crippen molar-refractivity contribution in [2.75, 3.05) is 63.0 Å². The number of hydrogen-bond acceptors (Lipinski definition) is 11. The predicted octanol–water partition coefficient (Wildman–Crippen LogP) is 4.45. The Kier molecular flexibility index (Phi) is 8.24. The van der Waals surface area contributed by atoms with Crippen molar-refractivity contribution in [1.29, 1.82) is 0 Å².